The molecule has 4 aromatic rings. The Labute approximate surface area is 171 Å². The van der Waals surface area contributed by atoms with Crippen molar-refractivity contribution in [1.29, 1.82) is 0 Å². The van der Waals surface area contributed by atoms with E-state index in [2.05, 4.69) is 15.5 Å². The number of rotatable bonds is 6. The number of carbonyl (C=O) groups excluding carboxylic acids is 1. The van der Waals surface area contributed by atoms with Crippen molar-refractivity contribution in [3.8, 4) is 11.5 Å². The van der Waals surface area contributed by atoms with Crippen molar-refractivity contribution in [2.24, 2.45) is 0 Å². The summed E-state index contributed by atoms with van der Waals surface area (Å²) in [6.45, 7) is 0. The lowest BCUT2D eigenvalue weighted by molar-refractivity contribution is 0.102. The topological polar surface area (TPSA) is 68.0 Å². The Hall–Kier alpha value is -3.45. The minimum Gasteiger partial charge on any atom is -0.420 e. The number of nitrogens with one attached hydrogen (secondary N) is 1. The molecule has 3 aromatic carbocycles. The number of thioether (sulfide) groups is 1. The third-order valence-corrected chi connectivity index (χ3v) is 5.08. The van der Waals surface area contributed by atoms with Crippen LogP contribution < -0.4 is 5.32 Å². The molecule has 4 rings (SSSR count). The summed E-state index contributed by atoms with van der Waals surface area (Å²) < 4.78 is 19.4. The quantitative estimate of drug-likeness (QED) is 0.434. The van der Waals surface area contributed by atoms with E-state index < -0.39 is 11.7 Å². The smallest absolute Gasteiger partial charge is 0.258 e. The van der Waals surface area contributed by atoms with Crippen LogP contribution in [0.15, 0.2) is 88.2 Å². The van der Waals surface area contributed by atoms with Gasteiger partial charge in [0.2, 0.25) is 11.8 Å². The Bertz CT molecular complexity index is 1110. The maximum atomic E-state index is 13.7. The van der Waals surface area contributed by atoms with Crippen LogP contribution in [-0.2, 0) is 5.75 Å². The van der Waals surface area contributed by atoms with Gasteiger partial charge in [0, 0.05) is 16.1 Å². The zero-order valence-electron chi connectivity index (χ0n) is 15.2. The van der Waals surface area contributed by atoms with Crippen LogP contribution >= 0.6 is 11.8 Å². The molecular formula is C22H16FN3O2S. The molecule has 0 aliphatic heterocycles. The monoisotopic (exact) mass is 405 g/mol. The number of carbonyl (C=O) groups is 1. The predicted octanol–water partition coefficient (Wildman–Crippen LogP) is 5.42. The highest BCUT2D eigenvalue weighted by Gasteiger charge is 2.11. The van der Waals surface area contributed by atoms with E-state index >= 15 is 0 Å². The highest BCUT2D eigenvalue weighted by atomic mass is 32.2. The summed E-state index contributed by atoms with van der Waals surface area (Å²) in [6.07, 6.45) is 0. The minimum absolute atomic E-state index is 0.0107. The largest absolute Gasteiger partial charge is 0.420 e. The van der Waals surface area contributed by atoms with E-state index in [-0.39, 0.29) is 5.56 Å². The van der Waals surface area contributed by atoms with Gasteiger partial charge in [-0.25, -0.2) is 4.39 Å². The first-order chi connectivity index (χ1) is 14.2. The average molecular weight is 405 g/mol. The fourth-order valence-electron chi connectivity index (χ4n) is 2.63. The molecule has 0 aliphatic rings. The highest BCUT2D eigenvalue weighted by Crippen LogP contribution is 2.25. The van der Waals surface area contributed by atoms with Crippen LogP contribution in [0.2, 0.25) is 0 Å². The summed E-state index contributed by atoms with van der Waals surface area (Å²) in [4.78, 5) is 13.1. The molecule has 1 aromatic heterocycles. The van der Waals surface area contributed by atoms with Gasteiger partial charge in [-0.2, -0.15) is 0 Å². The first kappa shape index (κ1) is 18.9. The number of halogens is 1. The number of anilines is 1. The lowest BCUT2D eigenvalue weighted by Gasteiger charge is -2.07. The molecule has 1 amide bonds. The summed E-state index contributed by atoms with van der Waals surface area (Å²) >= 11 is 1.54. The molecule has 0 saturated carbocycles. The van der Waals surface area contributed by atoms with Crippen molar-refractivity contribution in [3.05, 3.63) is 96.1 Å². The fraction of sp³-hybridized carbons (Fsp3) is 0.0455. The maximum Gasteiger partial charge on any atom is 0.258 e. The number of hydrogen-bond donors (Lipinski definition) is 1. The van der Waals surface area contributed by atoms with Gasteiger partial charge in [-0.1, -0.05) is 30.3 Å². The number of aromatic nitrogens is 2. The molecule has 144 valence electrons. The molecule has 0 bridgehead atoms. The second kappa shape index (κ2) is 8.70. The van der Waals surface area contributed by atoms with E-state index in [0.29, 0.717) is 23.2 Å². The normalized spacial score (nSPS) is 10.7. The maximum absolute atomic E-state index is 13.7. The lowest BCUT2D eigenvalue weighted by atomic mass is 10.2. The van der Waals surface area contributed by atoms with Crippen LogP contribution in [0, 0.1) is 5.82 Å². The average Bonchev–Trinajstić information content (AvgIpc) is 3.23. The molecule has 0 unspecified atom stereocenters. The number of nitrogens with zero attached hydrogens (tertiary/aromatic N) is 2. The Kier molecular flexibility index (Phi) is 5.67. The molecule has 0 saturated heterocycles. The second-order valence-electron chi connectivity index (χ2n) is 6.11. The Balaban J connectivity index is 1.35. The van der Waals surface area contributed by atoms with E-state index in [0.717, 1.165) is 10.5 Å². The molecule has 0 spiro atoms. The minimum atomic E-state index is -0.549. The number of hydrogen-bond acceptors (Lipinski definition) is 5. The van der Waals surface area contributed by atoms with Gasteiger partial charge >= 0.3 is 0 Å². The van der Waals surface area contributed by atoms with Gasteiger partial charge in [0.15, 0.2) is 0 Å². The zero-order chi connectivity index (χ0) is 20.1. The van der Waals surface area contributed by atoms with Crippen molar-refractivity contribution in [2.75, 3.05) is 5.32 Å². The molecule has 1 heterocycles. The predicted molar refractivity (Wildman–Crippen MR) is 110 cm³/mol. The molecule has 29 heavy (non-hydrogen) atoms. The van der Waals surface area contributed by atoms with E-state index in [4.69, 9.17) is 4.42 Å². The van der Waals surface area contributed by atoms with Gasteiger partial charge in [0.05, 0.1) is 11.3 Å². The van der Waals surface area contributed by atoms with Crippen molar-refractivity contribution in [2.45, 2.75) is 10.6 Å². The fourth-order valence-corrected chi connectivity index (χ4v) is 3.37. The van der Waals surface area contributed by atoms with Crippen LogP contribution in [0.3, 0.4) is 0 Å². The second-order valence-corrected chi connectivity index (χ2v) is 7.16. The summed E-state index contributed by atoms with van der Waals surface area (Å²) in [5, 5.41) is 10.8. The lowest BCUT2D eigenvalue weighted by Crippen LogP contribution is -2.13. The molecule has 0 radical (unpaired) electrons. The van der Waals surface area contributed by atoms with Crippen molar-refractivity contribution in [1.82, 2.24) is 10.2 Å². The summed E-state index contributed by atoms with van der Waals surface area (Å²) in [7, 11) is 0. The van der Waals surface area contributed by atoms with Gasteiger partial charge < -0.3 is 9.73 Å². The zero-order valence-corrected chi connectivity index (χ0v) is 16.0. The van der Waals surface area contributed by atoms with Gasteiger partial charge in [0.1, 0.15) is 5.82 Å². The van der Waals surface area contributed by atoms with Gasteiger partial charge in [-0.15, -0.1) is 22.0 Å². The Morgan fingerprint density at radius 2 is 1.66 bits per heavy atom. The molecular weight excluding hydrogens is 389 g/mol. The third-order valence-electron chi connectivity index (χ3n) is 4.08. The van der Waals surface area contributed by atoms with Crippen LogP contribution in [0.1, 0.15) is 16.2 Å². The molecule has 1 N–H and O–H groups in total. The van der Waals surface area contributed by atoms with E-state index in [1.54, 1.807) is 24.3 Å². The third kappa shape index (κ3) is 4.70. The summed E-state index contributed by atoms with van der Waals surface area (Å²) in [5.74, 6) is 0.522. The van der Waals surface area contributed by atoms with Crippen molar-refractivity contribution < 1.29 is 13.6 Å². The molecule has 0 atom stereocenters. The summed E-state index contributed by atoms with van der Waals surface area (Å²) in [5.41, 5.74) is 1.48. The summed E-state index contributed by atoms with van der Waals surface area (Å²) in [6, 6.07) is 22.7. The van der Waals surface area contributed by atoms with E-state index in [1.807, 2.05) is 42.5 Å². The van der Waals surface area contributed by atoms with Crippen molar-refractivity contribution >= 4 is 23.4 Å². The van der Waals surface area contributed by atoms with E-state index in [9.17, 15) is 9.18 Å². The SMILES string of the molecule is O=C(Nc1ccc(SCc2nnc(-c3ccccc3)o2)cc1)c1ccccc1F. The van der Waals surface area contributed by atoms with E-state index in [1.165, 1.54) is 23.9 Å². The molecule has 5 nitrogen and oxygen atoms in total. The first-order valence-electron chi connectivity index (χ1n) is 8.85. The number of amides is 1. The van der Waals surface area contributed by atoms with Crippen LogP contribution in [0.5, 0.6) is 0 Å². The number of benzene rings is 3. The Morgan fingerprint density at radius 1 is 0.931 bits per heavy atom. The van der Waals surface area contributed by atoms with Crippen LogP contribution in [0.4, 0.5) is 10.1 Å². The molecule has 0 fully saturated rings. The molecule has 0 aliphatic carbocycles. The van der Waals surface area contributed by atoms with Gasteiger partial charge in [0.25, 0.3) is 5.91 Å². The first-order valence-corrected chi connectivity index (χ1v) is 9.84. The standard InChI is InChI=1S/C22H16FN3O2S/c23-19-9-5-4-8-18(19)21(27)24-16-10-12-17(13-11-16)29-14-20-25-26-22(28-20)15-6-2-1-3-7-15/h1-13H,14H2,(H,24,27). The van der Waals surface area contributed by atoms with Crippen LogP contribution in [0.25, 0.3) is 11.5 Å². The highest BCUT2D eigenvalue weighted by molar-refractivity contribution is 7.98. The van der Waals surface area contributed by atoms with Gasteiger partial charge in [-0.05, 0) is 48.5 Å². The van der Waals surface area contributed by atoms with Crippen molar-refractivity contribution in [3.63, 3.8) is 0 Å². The van der Waals surface area contributed by atoms with Gasteiger partial charge in [-0.3, -0.25) is 4.79 Å². The van der Waals surface area contributed by atoms with Crippen LogP contribution in [-0.4, -0.2) is 16.1 Å². The Morgan fingerprint density at radius 3 is 2.41 bits per heavy atom. The molecule has 7 heteroatoms.